The number of ether oxygens (including phenoxy) is 1. The summed E-state index contributed by atoms with van der Waals surface area (Å²) >= 11 is 0. The van der Waals surface area contributed by atoms with Crippen molar-refractivity contribution in [3.63, 3.8) is 0 Å². The van der Waals surface area contributed by atoms with E-state index in [9.17, 15) is 9.59 Å². The first kappa shape index (κ1) is 21.5. The Morgan fingerprint density at radius 3 is 2.07 bits per heavy atom. The zero-order chi connectivity index (χ0) is 20.8. The molecule has 0 atom stereocenters. The van der Waals surface area contributed by atoms with Crippen molar-refractivity contribution in [2.75, 3.05) is 23.9 Å². The Kier molecular flexibility index (Phi) is 7.21. The second kappa shape index (κ2) is 9.40. The molecule has 5 nitrogen and oxygen atoms in total. The van der Waals surface area contributed by atoms with E-state index < -0.39 is 0 Å². The number of rotatable bonds is 7. The summed E-state index contributed by atoms with van der Waals surface area (Å²) in [5.74, 6) is 0.752. The predicted octanol–water partition coefficient (Wildman–Crippen LogP) is 4.93. The van der Waals surface area contributed by atoms with Gasteiger partial charge in [-0.05, 0) is 35.1 Å². The molecule has 0 aliphatic rings. The van der Waals surface area contributed by atoms with Gasteiger partial charge in [0.05, 0.1) is 7.11 Å². The molecule has 0 spiro atoms. The fourth-order valence-electron chi connectivity index (χ4n) is 3.18. The van der Waals surface area contributed by atoms with E-state index >= 15 is 0 Å². The summed E-state index contributed by atoms with van der Waals surface area (Å²) in [6.07, 6.45) is 0. The first-order valence-electron chi connectivity index (χ1n) is 9.59. The number of methoxy groups -OCH3 is 1. The lowest BCUT2D eigenvalue weighted by Gasteiger charge is -2.24. The smallest absolute Gasteiger partial charge is 0.244 e. The van der Waals surface area contributed by atoms with Crippen LogP contribution in [0, 0.1) is 0 Å². The molecule has 0 aromatic heterocycles. The average molecular weight is 383 g/mol. The molecular formula is C23H30N2O3. The quantitative estimate of drug-likeness (QED) is 0.738. The van der Waals surface area contributed by atoms with Crippen LogP contribution in [0.4, 0.5) is 11.4 Å². The molecule has 0 fully saturated rings. The van der Waals surface area contributed by atoms with E-state index in [4.69, 9.17) is 4.74 Å². The third-order valence-electron chi connectivity index (χ3n) is 4.68. The second-order valence-electron chi connectivity index (χ2n) is 7.48. The van der Waals surface area contributed by atoms with Gasteiger partial charge in [-0.1, -0.05) is 52.0 Å². The Morgan fingerprint density at radius 2 is 1.57 bits per heavy atom. The van der Waals surface area contributed by atoms with Crippen molar-refractivity contribution in [3.8, 4) is 5.75 Å². The van der Waals surface area contributed by atoms with Crippen molar-refractivity contribution in [2.24, 2.45) is 0 Å². The van der Waals surface area contributed by atoms with Crippen molar-refractivity contribution in [1.29, 1.82) is 0 Å². The fourth-order valence-corrected chi connectivity index (χ4v) is 3.18. The molecule has 0 saturated carbocycles. The molecule has 0 unspecified atom stereocenters. The summed E-state index contributed by atoms with van der Waals surface area (Å²) in [7, 11) is 1.57. The number of nitrogens with zero attached hydrogens (tertiary/aromatic N) is 1. The molecule has 0 aliphatic carbocycles. The average Bonchev–Trinajstić information content (AvgIpc) is 2.65. The highest BCUT2D eigenvalue weighted by molar-refractivity contribution is 6.02. The highest BCUT2D eigenvalue weighted by Gasteiger charge is 2.20. The largest absolute Gasteiger partial charge is 0.497 e. The zero-order valence-electron chi connectivity index (χ0n) is 17.6. The summed E-state index contributed by atoms with van der Waals surface area (Å²) in [5, 5.41) is 3.06. The third kappa shape index (κ3) is 5.12. The standard InChI is InChI=1S/C23H30N2O3/c1-15(2)20-11-8-12-21(16(3)4)23(20)24-22(27)14-25(17(5)26)18-9-7-10-19(13-18)28-6/h7-13,15-16H,14H2,1-6H3,(H,24,27). The lowest BCUT2D eigenvalue weighted by molar-refractivity contribution is -0.120. The molecule has 1 N–H and O–H groups in total. The van der Waals surface area contributed by atoms with Crippen molar-refractivity contribution in [1.82, 2.24) is 0 Å². The summed E-state index contributed by atoms with van der Waals surface area (Å²) in [5.41, 5.74) is 3.67. The van der Waals surface area contributed by atoms with E-state index in [1.165, 1.54) is 11.8 Å². The molecule has 0 radical (unpaired) electrons. The Bertz CT molecular complexity index is 817. The minimum absolute atomic E-state index is 0.0630. The summed E-state index contributed by atoms with van der Waals surface area (Å²) < 4.78 is 5.23. The Hall–Kier alpha value is -2.82. The summed E-state index contributed by atoms with van der Waals surface area (Å²) in [4.78, 5) is 26.5. The van der Waals surface area contributed by atoms with Crippen molar-refractivity contribution < 1.29 is 14.3 Å². The Labute approximate surface area is 167 Å². The molecule has 0 bridgehead atoms. The SMILES string of the molecule is COc1cccc(N(CC(=O)Nc2c(C(C)C)cccc2C(C)C)C(C)=O)c1. The first-order valence-corrected chi connectivity index (χ1v) is 9.59. The zero-order valence-corrected chi connectivity index (χ0v) is 17.6. The van der Waals surface area contributed by atoms with Crippen LogP contribution in [-0.2, 0) is 9.59 Å². The van der Waals surface area contributed by atoms with Gasteiger partial charge in [0.15, 0.2) is 0 Å². The number of para-hydroxylation sites is 1. The molecule has 2 rings (SSSR count). The topological polar surface area (TPSA) is 58.6 Å². The van der Waals surface area contributed by atoms with Gasteiger partial charge in [0.25, 0.3) is 0 Å². The normalized spacial score (nSPS) is 10.9. The Balaban J connectivity index is 2.30. The lowest BCUT2D eigenvalue weighted by Crippen LogP contribution is -2.37. The van der Waals surface area contributed by atoms with Gasteiger partial charge in [-0.2, -0.15) is 0 Å². The maximum atomic E-state index is 12.9. The molecule has 150 valence electrons. The minimum atomic E-state index is -0.229. The van der Waals surface area contributed by atoms with E-state index in [0.717, 1.165) is 16.8 Å². The van der Waals surface area contributed by atoms with E-state index in [-0.39, 0.29) is 30.2 Å². The molecule has 2 aromatic rings. The van der Waals surface area contributed by atoms with Gasteiger partial charge in [-0.3, -0.25) is 9.59 Å². The number of carbonyl (C=O) groups excluding carboxylic acids is 2. The van der Waals surface area contributed by atoms with Crippen LogP contribution in [0.25, 0.3) is 0 Å². The van der Waals surface area contributed by atoms with Crippen molar-refractivity contribution >= 4 is 23.2 Å². The van der Waals surface area contributed by atoms with Gasteiger partial charge in [0.2, 0.25) is 11.8 Å². The summed E-state index contributed by atoms with van der Waals surface area (Å²) in [6, 6.07) is 13.2. The molecule has 0 saturated heterocycles. The molecule has 0 aliphatic heterocycles. The van der Waals surface area contributed by atoms with Crippen LogP contribution in [0.15, 0.2) is 42.5 Å². The van der Waals surface area contributed by atoms with Crippen molar-refractivity contribution in [2.45, 2.75) is 46.5 Å². The number of hydrogen-bond acceptors (Lipinski definition) is 3. The number of carbonyl (C=O) groups is 2. The van der Waals surface area contributed by atoms with Crippen LogP contribution in [0.3, 0.4) is 0 Å². The number of anilines is 2. The fraction of sp³-hybridized carbons (Fsp3) is 0.391. The highest BCUT2D eigenvalue weighted by Crippen LogP contribution is 2.32. The van der Waals surface area contributed by atoms with Crippen LogP contribution in [0.2, 0.25) is 0 Å². The molecule has 2 aromatic carbocycles. The first-order chi connectivity index (χ1) is 13.2. The predicted molar refractivity (Wildman–Crippen MR) is 114 cm³/mol. The van der Waals surface area contributed by atoms with E-state index in [0.29, 0.717) is 11.4 Å². The number of amides is 2. The third-order valence-corrected chi connectivity index (χ3v) is 4.68. The van der Waals surface area contributed by atoms with E-state index in [1.807, 2.05) is 18.2 Å². The van der Waals surface area contributed by atoms with Crippen LogP contribution in [0.5, 0.6) is 5.75 Å². The lowest BCUT2D eigenvalue weighted by atomic mass is 9.92. The highest BCUT2D eigenvalue weighted by atomic mass is 16.5. The van der Waals surface area contributed by atoms with Gasteiger partial charge in [-0.15, -0.1) is 0 Å². The van der Waals surface area contributed by atoms with Gasteiger partial charge < -0.3 is 15.0 Å². The molecule has 0 heterocycles. The number of nitrogens with one attached hydrogen (secondary N) is 1. The van der Waals surface area contributed by atoms with Crippen LogP contribution < -0.4 is 15.0 Å². The van der Waals surface area contributed by atoms with Crippen LogP contribution in [0.1, 0.15) is 57.6 Å². The second-order valence-corrected chi connectivity index (χ2v) is 7.48. The monoisotopic (exact) mass is 382 g/mol. The van der Waals surface area contributed by atoms with Gasteiger partial charge >= 0.3 is 0 Å². The maximum Gasteiger partial charge on any atom is 0.244 e. The van der Waals surface area contributed by atoms with E-state index in [2.05, 4.69) is 33.0 Å². The van der Waals surface area contributed by atoms with Crippen molar-refractivity contribution in [3.05, 3.63) is 53.6 Å². The molecular weight excluding hydrogens is 352 g/mol. The number of hydrogen-bond donors (Lipinski definition) is 1. The molecule has 2 amide bonds. The Morgan fingerprint density at radius 1 is 1.00 bits per heavy atom. The van der Waals surface area contributed by atoms with E-state index in [1.54, 1.807) is 31.4 Å². The maximum absolute atomic E-state index is 12.9. The van der Waals surface area contributed by atoms with Crippen LogP contribution >= 0.6 is 0 Å². The van der Waals surface area contributed by atoms with Crippen LogP contribution in [-0.4, -0.2) is 25.5 Å². The summed E-state index contributed by atoms with van der Waals surface area (Å²) in [6.45, 7) is 9.81. The van der Waals surface area contributed by atoms with Gasteiger partial charge in [0, 0.05) is 24.4 Å². The van der Waals surface area contributed by atoms with Gasteiger partial charge in [-0.25, -0.2) is 0 Å². The molecule has 5 heteroatoms. The molecule has 28 heavy (non-hydrogen) atoms. The van der Waals surface area contributed by atoms with Gasteiger partial charge in [0.1, 0.15) is 12.3 Å². The number of benzene rings is 2. The minimum Gasteiger partial charge on any atom is -0.497 e.